The molecule has 0 atom stereocenters. The Labute approximate surface area is 173 Å². The number of benzene rings is 2. The van der Waals surface area contributed by atoms with E-state index in [9.17, 15) is 9.90 Å². The van der Waals surface area contributed by atoms with Crippen molar-refractivity contribution < 1.29 is 14.9 Å². The van der Waals surface area contributed by atoms with Gasteiger partial charge >= 0.3 is 5.69 Å². The highest BCUT2D eigenvalue weighted by Crippen LogP contribution is 2.28. The molecule has 8 nitrogen and oxygen atoms in total. The van der Waals surface area contributed by atoms with Crippen molar-refractivity contribution in [1.29, 1.82) is 0 Å². The van der Waals surface area contributed by atoms with Gasteiger partial charge in [0.15, 0.2) is 0 Å². The quantitative estimate of drug-likeness (QED) is 0.309. The molecule has 4 N–H and O–H groups in total. The molecule has 4 rings (SSSR count). The number of hydrogen-bond donors (Lipinski definition) is 4. The van der Waals surface area contributed by atoms with E-state index >= 15 is 0 Å². The van der Waals surface area contributed by atoms with Crippen molar-refractivity contribution in [3.8, 4) is 22.9 Å². The van der Waals surface area contributed by atoms with Crippen molar-refractivity contribution in [2.75, 3.05) is 13.2 Å². The van der Waals surface area contributed by atoms with Gasteiger partial charge in [-0.15, -0.1) is 0 Å². The van der Waals surface area contributed by atoms with E-state index in [-0.39, 0.29) is 25.6 Å². The van der Waals surface area contributed by atoms with Gasteiger partial charge in [-0.05, 0) is 65.1 Å². The molecule has 0 saturated heterocycles. The number of hydrogen-bond acceptors (Lipinski definition) is 5. The van der Waals surface area contributed by atoms with E-state index in [1.165, 1.54) is 4.57 Å². The molecule has 0 aliphatic heterocycles. The Morgan fingerprint density at radius 2 is 1.93 bits per heavy atom. The Balaban J connectivity index is 1.62. The number of imidazole rings is 2. The summed E-state index contributed by atoms with van der Waals surface area (Å²) >= 11 is 2.22. The summed E-state index contributed by atoms with van der Waals surface area (Å²) in [5.41, 5.74) is 2.22. The van der Waals surface area contributed by atoms with E-state index in [4.69, 9.17) is 9.84 Å². The molecule has 0 radical (unpaired) electrons. The molecule has 2 heterocycles. The minimum absolute atomic E-state index is 0.0698. The second-order valence-electron chi connectivity index (χ2n) is 6.16. The summed E-state index contributed by atoms with van der Waals surface area (Å²) in [4.78, 5) is 22.7. The first-order chi connectivity index (χ1) is 13.5. The van der Waals surface area contributed by atoms with Gasteiger partial charge in [0.2, 0.25) is 5.88 Å². The number of fused-ring (bicyclic) bond motifs is 1. The minimum atomic E-state index is -0.428. The topological polar surface area (TPSA) is 116 Å². The van der Waals surface area contributed by atoms with Gasteiger partial charge in [0, 0.05) is 9.13 Å². The second kappa shape index (κ2) is 7.68. The van der Waals surface area contributed by atoms with E-state index in [1.807, 2.05) is 18.2 Å². The average Bonchev–Trinajstić information content (AvgIpc) is 3.21. The molecule has 0 unspecified atom stereocenters. The van der Waals surface area contributed by atoms with Gasteiger partial charge in [0.25, 0.3) is 0 Å². The summed E-state index contributed by atoms with van der Waals surface area (Å²) in [6.07, 6.45) is 0. The van der Waals surface area contributed by atoms with Crippen LogP contribution in [0.2, 0.25) is 0 Å². The van der Waals surface area contributed by atoms with Gasteiger partial charge in [0.05, 0.1) is 24.2 Å². The van der Waals surface area contributed by atoms with Crippen LogP contribution in [-0.4, -0.2) is 42.9 Å². The van der Waals surface area contributed by atoms with Crippen molar-refractivity contribution in [2.45, 2.75) is 6.54 Å². The number of nitrogens with one attached hydrogen (secondary N) is 2. The third-order valence-electron chi connectivity index (χ3n) is 4.26. The molecule has 0 aliphatic rings. The fraction of sp³-hybridized carbons (Fsp3) is 0.158. The van der Waals surface area contributed by atoms with Gasteiger partial charge in [-0.1, -0.05) is 0 Å². The van der Waals surface area contributed by atoms with E-state index < -0.39 is 5.69 Å². The number of aliphatic hydroxyl groups is 1. The summed E-state index contributed by atoms with van der Waals surface area (Å²) in [7, 11) is 0. The summed E-state index contributed by atoms with van der Waals surface area (Å²) < 4.78 is 7.63. The normalized spacial score (nSPS) is 11.2. The molecule has 0 aliphatic carbocycles. The number of aromatic amines is 2. The van der Waals surface area contributed by atoms with Crippen LogP contribution in [-0.2, 0) is 6.54 Å². The van der Waals surface area contributed by atoms with E-state index in [2.05, 4.69) is 37.5 Å². The number of H-pyrrole nitrogens is 2. The lowest BCUT2D eigenvalue weighted by Crippen LogP contribution is -2.17. The molecular weight excluding hydrogens is 475 g/mol. The van der Waals surface area contributed by atoms with Crippen LogP contribution in [0.4, 0.5) is 0 Å². The van der Waals surface area contributed by atoms with Gasteiger partial charge in [-0.25, -0.2) is 9.78 Å². The molecule has 2 aromatic heterocycles. The smallest absolute Gasteiger partial charge is 0.329 e. The number of aliphatic hydroxyl groups excluding tert-OH is 1. The van der Waals surface area contributed by atoms with E-state index in [0.717, 1.165) is 14.6 Å². The van der Waals surface area contributed by atoms with E-state index in [1.54, 1.807) is 24.3 Å². The van der Waals surface area contributed by atoms with Crippen molar-refractivity contribution >= 4 is 33.6 Å². The maximum absolute atomic E-state index is 12.4. The molecular formula is C19H17IN4O4. The van der Waals surface area contributed by atoms with Gasteiger partial charge < -0.3 is 24.9 Å². The minimum Gasteiger partial charge on any atom is -0.493 e. The maximum atomic E-state index is 12.4. The largest absolute Gasteiger partial charge is 0.493 e. The van der Waals surface area contributed by atoms with Crippen molar-refractivity contribution in [2.24, 2.45) is 0 Å². The van der Waals surface area contributed by atoms with Crippen LogP contribution in [0.5, 0.6) is 11.6 Å². The lowest BCUT2D eigenvalue weighted by atomic mass is 10.1. The maximum Gasteiger partial charge on any atom is 0.329 e. The first kappa shape index (κ1) is 18.6. The highest BCUT2D eigenvalue weighted by molar-refractivity contribution is 14.1. The van der Waals surface area contributed by atoms with Crippen LogP contribution in [0.3, 0.4) is 0 Å². The van der Waals surface area contributed by atoms with Crippen molar-refractivity contribution in [3.63, 3.8) is 0 Å². The Kier molecular flexibility index (Phi) is 5.09. The molecule has 0 fully saturated rings. The third kappa shape index (κ3) is 3.62. The molecule has 0 saturated carbocycles. The monoisotopic (exact) mass is 492 g/mol. The van der Waals surface area contributed by atoms with Gasteiger partial charge in [-0.2, -0.15) is 0 Å². The van der Waals surface area contributed by atoms with Crippen LogP contribution in [0.15, 0.2) is 47.3 Å². The van der Waals surface area contributed by atoms with Gasteiger partial charge in [0.1, 0.15) is 23.9 Å². The molecule has 144 valence electrons. The number of aromatic hydroxyl groups is 1. The molecule has 9 heteroatoms. The predicted molar refractivity (Wildman–Crippen MR) is 113 cm³/mol. The average molecular weight is 492 g/mol. The van der Waals surface area contributed by atoms with Crippen molar-refractivity contribution in [3.05, 3.63) is 62.3 Å². The summed E-state index contributed by atoms with van der Waals surface area (Å²) in [5.74, 6) is 1.01. The number of ether oxygens (including phenoxy) is 1. The lowest BCUT2D eigenvalue weighted by Gasteiger charge is -2.05. The Bertz CT molecular complexity index is 1180. The first-order valence-electron chi connectivity index (χ1n) is 8.55. The Morgan fingerprint density at radius 3 is 2.68 bits per heavy atom. The molecule has 0 spiro atoms. The van der Waals surface area contributed by atoms with Crippen LogP contribution < -0.4 is 10.4 Å². The SMILES string of the molecule is O=c1[nH]c(-c2ccc(OCCO)cc2)c(O)n1Cc1nc2ccc(I)cc2[nH]1. The predicted octanol–water partition coefficient (Wildman–Crippen LogP) is 2.45. The molecule has 4 aromatic rings. The summed E-state index contributed by atoms with van der Waals surface area (Å²) in [5, 5.41) is 19.4. The number of halogens is 1. The standard InChI is InChI=1S/C19H17IN4O4/c20-12-3-6-14-15(9-12)22-16(21-14)10-24-18(26)17(23-19(24)27)11-1-4-13(5-2-11)28-8-7-25/h1-6,9,25-26H,7-8,10H2,(H,21,22)(H,23,27). The fourth-order valence-electron chi connectivity index (χ4n) is 2.95. The fourth-order valence-corrected chi connectivity index (χ4v) is 3.44. The summed E-state index contributed by atoms with van der Waals surface area (Å²) in [6.45, 7) is 0.248. The first-order valence-corrected chi connectivity index (χ1v) is 9.63. The number of aromatic nitrogens is 4. The molecule has 28 heavy (non-hydrogen) atoms. The zero-order chi connectivity index (χ0) is 19.7. The summed E-state index contributed by atoms with van der Waals surface area (Å²) in [6, 6.07) is 12.7. The zero-order valence-electron chi connectivity index (χ0n) is 14.6. The molecule has 0 bridgehead atoms. The number of nitrogens with zero attached hydrogens (tertiary/aromatic N) is 2. The Morgan fingerprint density at radius 1 is 1.14 bits per heavy atom. The number of rotatable bonds is 6. The Hall–Kier alpha value is -2.79. The zero-order valence-corrected chi connectivity index (χ0v) is 16.8. The van der Waals surface area contributed by atoms with Crippen LogP contribution in [0.1, 0.15) is 5.82 Å². The van der Waals surface area contributed by atoms with Crippen LogP contribution in [0, 0.1) is 3.57 Å². The lowest BCUT2D eigenvalue weighted by molar-refractivity contribution is 0.201. The highest BCUT2D eigenvalue weighted by atomic mass is 127. The second-order valence-corrected chi connectivity index (χ2v) is 7.40. The molecule has 2 aromatic carbocycles. The van der Waals surface area contributed by atoms with Crippen molar-refractivity contribution in [1.82, 2.24) is 19.5 Å². The van der Waals surface area contributed by atoms with Gasteiger partial charge in [-0.3, -0.25) is 4.57 Å². The van der Waals surface area contributed by atoms with Crippen LogP contribution >= 0.6 is 22.6 Å². The van der Waals surface area contributed by atoms with Crippen LogP contribution in [0.25, 0.3) is 22.3 Å². The van der Waals surface area contributed by atoms with E-state index in [0.29, 0.717) is 22.8 Å². The molecule has 0 amide bonds. The highest BCUT2D eigenvalue weighted by Gasteiger charge is 2.16. The third-order valence-corrected chi connectivity index (χ3v) is 4.93.